The van der Waals surface area contributed by atoms with Crippen molar-refractivity contribution in [3.05, 3.63) is 16.1 Å². The van der Waals surface area contributed by atoms with Gasteiger partial charge in [0.2, 0.25) is 11.8 Å². The van der Waals surface area contributed by atoms with E-state index < -0.39 is 0 Å². The first-order valence-electron chi connectivity index (χ1n) is 8.27. The van der Waals surface area contributed by atoms with Crippen LogP contribution in [0.2, 0.25) is 0 Å². The van der Waals surface area contributed by atoms with Gasteiger partial charge in [-0.05, 0) is 25.7 Å². The summed E-state index contributed by atoms with van der Waals surface area (Å²) in [5.74, 6) is 0.750. The quantitative estimate of drug-likeness (QED) is 0.882. The lowest BCUT2D eigenvalue weighted by atomic mass is 9.83. The Morgan fingerprint density at radius 1 is 1.48 bits per heavy atom. The number of carbonyl (C=O) groups excluding carboxylic acids is 2. The maximum Gasteiger partial charge on any atom is 0.228 e. The van der Waals surface area contributed by atoms with Crippen LogP contribution in [-0.2, 0) is 16.0 Å². The molecular formula is C16H24N4O2S. The Kier molecular flexibility index (Phi) is 4.96. The highest BCUT2D eigenvalue weighted by Crippen LogP contribution is 2.31. The third kappa shape index (κ3) is 3.55. The molecule has 2 fully saturated rings. The molecule has 0 aromatic carbocycles. The second kappa shape index (κ2) is 6.97. The number of aryl methyl sites for hydroxylation is 1. The lowest BCUT2D eigenvalue weighted by Gasteiger charge is -2.47. The lowest BCUT2D eigenvalue weighted by molar-refractivity contribution is -0.143. The summed E-state index contributed by atoms with van der Waals surface area (Å²) < 4.78 is 0. The average Bonchev–Trinajstić information content (AvgIpc) is 2.94. The number of likely N-dealkylation sites (tertiary alicyclic amines) is 2. The van der Waals surface area contributed by atoms with Gasteiger partial charge < -0.3 is 15.5 Å². The van der Waals surface area contributed by atoms with E-state index in [0.717, 1.165) is 36.6 Å². The molecule has 2 aliphatic rings. The molecule has 2 aliphatic heterocycles. The molecule has 7 heteroatoms. The Labute approximate surface area is 140 Å². The van der Waals surface area contributed by atoms with E-state index in [-0.39, 0.29) is 17.9 Å². The van der Waals surface area contributed by atoms with E-state index >= 15 is 0 Å². The van der Waals surface area contributed by atoms with Crippen LogP contribution >= 0.6 is 11.3 Å². The molecule has 0 bridgehead atoms. The summed E-state index contributed by atoms with van der Waals surface area (Å²) in [6, 6.07) is 0.255. The molecule has 3 heterocycles. The summed E-state index contributed by atoms with van der Waals surface area (Å²) in [7, 11) is 0. The fourth-order valence-corrected chi connectivity index (χ4v) is 4.38. The molecule has 23 heavy (non-hydrogen) atoms. The van der Waals surface area contributed by atoms with Crippen LogP contribution in [0.1, 0.15) is 30.0 Å². The van der Waals surface area contributed by atoms with E-state index in [4.69, 9.17) is 5.73 Å². The Bertz CT molecular complexity index is 588. The topological polar surface area (TPSA) is 79.5 Å². The monoisotopic (exact) mass is 336 g/mol. The molecule has 2 N–H and O–H groups in total. The van der Waals surface area contributed by atoms with Gasteiger partial charge in [-0.1, -0.05) is 0 Å². The molecule has 2 atom stereocenters. The number of nitrogens with zero attached hydrogens (tertiary/aromatic N) is 3. The fourth-order valence-electron chi connectivity index (χ4n) is 3.76. The van der Waals surface area contributed by atoms with E-state index in [2.05, 4.69) is 4.98 Å². The number of piperidine rings is 2. The van der Waals surface area contributed by atoms with Crippen LogP contribution in [0.4, 0.5) is 0 Å². The van der Waals surface area contributed by atoms with Gasteiger partial charge in [-0.25, -0.2) is 4.98 Å². The van der Waals surface area contributed by atoms with Crippen molar-refractivity contribution in [2.24, 2.45) is 11.7 Å². The molecule has 2 amide bonds. The van der Waals surface area contributed by atoms with Gasteiger partial charge in [0.05, 0.1) is 17.1 Å². The zero-order valence-corrected chi connectivity index (χ0v) is 14.3. The Hall–Kier alpha value is -1.47. The molecule has 1 aromatic rings. The van der Waals surface area contributed by atoms with Gasteiger partial charge in [-0.3, -0.25) is 9.59 Å². The van der Waals surface area contributed by atoms with Gasteiger partial charge >= 0.3 is 0 Å². The molecule has 0 saturated carbocycles. The normalized spacial score (nSPS) is 24.7. The first-order chi connectivity index (χ1) is 11.1. The summed E-state index contributed by atoms with van der Waals surface area (Å²) in [6.45, 7) is 4.56. The maximum atomic E-state index is 12.5. The number of hydrogen-bond acceptors (Lipinski definition) is 5. The molecule has 0 spiro atoms. The van der Waals surface area contributed by atoms with Crippen molar-refractivity contribution in [3.8, 4) is 0 Å². The minimum absolute atomic E-state index is 0.149. The number of aromatic nitrogens is 1. The van der Waals surface area contributed by atoms with Crippen LogP contribution in [0.25, 0.3) is 0 Å². The zero-order valence-electron chi connectivity index (χ0n) is 13.5. The van der Waals surface area contributed by atoms with Gasteiger partial charge in [-0.15, -0.1) is 11.3 Å². The van der Waals surface area contributed by atoms with Gasteiger partial charge in [0.1, 0.15) is 0 Å². The van der Waals surface area contributed by atoms with Gasteiger partial charge in [0, 0.05) is 44.0 Å². The molecule has 126 valence electrons. The van der Waals surface area contributed by atoms with Gasteiger partial charge in [0.25, 0.3) is 0 Å². The fraction of sp³-hybridized carbons (Fsp3) is 0.688. The van der Waals surface area contributed by atoms with Crippen molar-refractivity contribution in [2.75, 3.05) is 26.2 Å². The van der Waals surface area contributed by atoms with Crippen LogP contribution in [0.5, 0.6) is 0 Å². The molecule has 1 aromatic heterocycles. The van der Waals surface area contributed by atoms with E-state index in [0.29, 0.717) is 31.8 Å². The zero-order chi connectivity index (χ0) is 16.4. The maximum absolute atomic E-state index is 12.5. The molecular weight excluding hydrogens is 312 g/mol. The first-order valence-corrected chi connectivity index (χ1v) is 9.14. The number of thiazole rings is 1. The van der Waals surface area contributed by atoms with Crippen molar-refractivity contribution in [1.82, 2.24) is 14.8 Å². The second-order valence-electron chi connectivity index (χ2n) is 6.40. The van der Waals surface area contributed by atoms with Crippen molar-refractivity contribution in [2.45, 2.75) is 38.6 Å². The highest BCUT2D eigenvalue weighted by atomic mass is 32.1. The minimum Gasteiger partial charge on any atom is -0.342 e. The predicted octanol–water partition coefficient (Wildman–Crippen LogP) is 0.792. The standard InChI is InChI=1S/C16H24N4O2S/c1-11-18-13(10-23-11)8-16(22)19-6-4-14-12(9-19)2-3-15(21)20(14)7-5-17/h10,12,14H,2-9,17H2,1H3/t12-,14+/m0/s1. The van der Waals surface area contributed by atoms with Gasteiger partial charge in [0.15, 0.2) is 0 Å². The largest absolute Gasteiger partial charge is 0.342 e. The summed E-state index contributed by atoms with van der Waals surface area (Å²) in [6.07, 6.45) is 2.70. The third-order valence-corrected chi connectivity index (χ3v) is 5.69. The van der Waals surface area contributed by atoms with E-state index in [9.17, 15) is 9.59 Å². The molecule has 0 unspecified atom stereocenters. The number of amides is 2. The van der Waals surface area contributed by atoms with Crippen LogP contribution < -0.4 is 5.73 Å². The van der Waals surface area contributed by atoms with Crippen molar-refractivity contribution in [3.63, 3.8) is 0 Å². The highest BCUT2D eigenvalue weighted by Gasteiger charge is 2.39. The van der Waals surface area contributed by atoms with E-state index in [1.165, 1.54) is 0 Å². The lowest BCUT2D eigenvalue weighted by Crippen LogP contribution is -2.57. The van der Waals surface area contributed by atoms with Crippen LogP contribution in [0, 0.1) is 12.8 Å². The van der Waals surface area contributed by atoms with Crippen molar-refractivity contribution in [1.29, 1.82) is 0 Å². The number of carbonyl (C=O) groups is 2. The van der Waals surface area contributed by atoms with E-state index in [1.54, 1.807) is 11.3 Å². The van der Waals surface area contributed by atoms with Crippen molar-refractivity contribution >= 4 is 23.2 Å². The summed E-state index contributed by atoms with van der Waals surface area (Å²) in [4.78, 5) is 32.9. The molecule has 0 radical (unpaired) electrons. The van der Waals surface area contributed by atoms with Gasteiger partial charge in [-0.2, -0.15) is 0 Å². The number of hydrogen-bond donors (Lipinski definition) is 1. The van der Waals surface area contributed by atoms with Crippen molar-refractivity contribution < 1.29 is 9.59 Å². The molecule has 2 saturated heterocycles. The summed E-state index contributed by atoms with van der Waals surface area (Å²) in [5, 5.41) is 2.96. The Balaban J connectivity index is 1.61. The smallest absolute Gasteiger partial charge is 0.228 e. The van der Waals surface area contributed by atoms with Crippen LogP contribution in [-0.4, -0.2) is 58.8 Å². The summed E-state index contributed by atoms with van der Waals surface area (Å²) >= 11 is 1.58. The second-order valence-corrected chi connectivity index (χ2v) is 7.47. The third-order valence-electron chi connectivity index (χ3n) is 4.87. The van der Waals surface area contributed by atoms with Crippen LogP contribution in [0.3, 0.4) is 0 Å². The SMILES string of the molecule is Cc1nc(CC(=O)N2CC[C@@H]3[C@@H](CCC(=O)N3CCN)C2)cs1. The molecule has 3 rings (SSSR count). The summed E-state index contributed by atoms with van der Waals surface area (Å²) in [5.41, 5.74) is 6.51. The predicted molar refractivity (Wildman–Crippen MR) is 89.0 cm³/mol. The molecule has 0 aliphatic carbocycles. The average molecular weight is 336 g/mol. The Morgan fingerprint density at radius 2 is 2.30 bits per heavy atom. The number of fused-ring (bicyclic) bond motifs is 1. The number of nitrogens with two attached hydrogens (primary N) is 1. The minimum atomic E-state index is 0.149. The van der Waals surface area contributed by atoms with Crippen LogP contribution in [0.15, 0.2) is 5.38 Å². The highest BCUT2D eigenvalue weighted by molar-refractivity contribution is 7.09. The first kappa shape index (κ1) is 16.4. The Morgan fingerprint density at radius 3 is 3.00 bits per heavy atom. The molecule has 6 nitrogen and oxygen atoms in total. The van der Waals surface area contributed by atoms with E-state index in [1.807, 2.05) is 22.1 Å². The number of rotatable bonds is 4.